The molecule has 0 aromatic carbocycles. The van der Waals surface area contributed by atoms with Gasteiger partial charge in [-0.05, 0) is 19.3 Å². The zero-order chi connectivity index (χ0) is 13.1. The van der Waals surface area contributed by atoms with Crippen molar-refractivity contribution in [3.8, 4) is 0 Å². The fourth-order valence-corrected chi connectivity index (χ4v) is 2.22. The summed E-state index contributed by atoms with van der Waals surface area (Å²) >= 11 is 0. The maximum absolute atomic E-state index is 12.2. The molecule has 0 bridgehead atoms. The largest absolute Gasteiger partial charge is 0.395 e. The average molecular weight is 252 g/mol. The summed E-state index contributed by atoms with van der Waals surface area (Å²) < 4.78 is 6.82. The predicted octanol–water partition coefficient (Wildman–Crippen LogP) is 0.473. The molecule has 0 aliphatic carbocycles. The second-order valence-electron chi connectivity index (χ2n) is 4.55. The fourth-order valence-electron chi connectivity index (χ4n) is 2.22. The van der Waals surface area contributed by atoms with Crippen LogP contribution in [0.4, 0.5) is 5.69 Å². The van der Waals surface area contributed by atoms with Crippen molar-refractivity contribution in [3.63, 3.8) is 0 Å². The topological polar surface area (TPSA) is 82.2 Å². The van der Waals surface area contributed by atoms with E-state index in [4.69, 9.17) is 10.5 Å². The SMILES string of the molecule is CCc1nn(C)c(C(=O)NC2CCOCC2)c1N. The monoisotopic (exact) mass is 252 g/mol. The summed E-state index contributed by atoms with van der Waals surface area (Å²) in [5.41, 5.74) is 7.67. The van der Waals surface area contributed by atoms with Gasteiger partial charge in [0.05, 0.1) is 11.4 Å². The molecule has 100 valence electrons. The highest BCUT2D eigenvalue weighted by Gasteiger charge is 2.22. The van der Waals surface area contributed by atoms with E-state index in [1.165, 1.54) is 0 Å². The van der Waals surface area contributed by atoms with Crippen LogP contribution < -0.4 is 11.1 Å². The molecule has 6 heteroatoms. The van der Waals surface area contributed by atoms with E-state index in [1.807, 2.05) is 6.92 Å². The molecule has 0 spiro atoms. The number of carbonyl (C=O) groups is 1. The lowest BCUT2D eigenvalue weighted by molar-refractivity contribution is 0.0692. The van der Waals surface area contributed by atoms with Crippen molar-refractivity contribution in [2.45, 2.75) is 32.2 Å². The summed E-state index contributed by atoms with van der Waals surface area (Å²) in [5.74, 6) is -0.144. The average Bonchev–Trinajstić information content (AvgIpc) is 2.65. The Morgan fingerprint density at radius 3 is 2.78 bits per heavy atom. The Balaban J connectivity index is 2.10. The molecular weight excluding hydrogens is 232 g/mol. The van der Waals surface area contributed by atoms with Gasteiger partial charge in [-0.2, -0.15) is 5.10 Å². The highest BCUT2D eigenvalue weighted by Crippen LogP contribution is 2.17. The van der Waals surface area contributed by atoms with Crippen LogP contribution in [0.15, 0.2) is 0 Å². The first-order valence-corrected chi connectivity index (χ1v) is 6.33. The van der Waals surface area contributed by atoms with E-state index in [0.717, 1.165) is 25.0 Å². The number of nitrogens with two attached hydrogens (primary N) is 1. The maximum Gasteiger partial charge on any atom is 0.271 e. The Morgan fingerprint density at radius 1 is 1.56 bits per heavy atom. The number of carbonyl (C=O) groups excluding carboxylic acids is 1. The van der Waals surface area contributed by atoms with Crippen molar-refractivity contribution in [1.82, 2.24) is 15.1 Å². The Labute approximate surface area is 106 Å². The van der Waals surface area contributed by atoms with Crippen molar-refractivity contribution in [2.75, 3.05) is 18.9 Å². The van der Waals surface area contributed by atoms with Gasteiger partial charge in [0.25, 0.3) is 5.91 Å². The van der Waals surface area contributed by atoms with Crippen LogP contribution >= 0.6 is 0 Å². The molecule has 2 rings (SSSR count). The molecule has 0 unspecified atom stereocenters. The van der Waals surface area contributed by atoms with E-state index < -0.39 is 0 Å². The quantitative estimate of drug-likeness (QED) is 0.819. The number of rotatable bonds is 3. The van der Waals surface area contributed by atoms with Gasteiger partial charge in [0, 0.05) is 26.3 Å². The molecule has 1 amide bonds. The molecule has 3 N–H and O–H groups in total. The lowest BCUT2D eigenvalue weighted by atomic mass is 10.1. The first-order chi connectivity index (χ1) is 8.63. The van der Waals surface area contributed by atoms with Gasteiger partial charge in [0.15, 0.2) is 0 Å². The number of aryl methyl sites for hydroxylation is 2. The van der Waals surface area contributed by atoms with Crippen LogP contribution in [-0.2, 0) is 18.2 Å². The number of hydrogen-bond donors (Lipinski definition) is 2. The molecule has 1 aliphatic heterocycles. The zero-order valence-electron chi connectivity index (χ0n) is 10.9. The first kappa shape index (κ1) is 12.9. The lowest BCUT2D eigenvalue weighted by Gasteiger charge is -2.23. The van der Waals surface area contributed by atoms with Gasteiger partial charge in [-0.1, -0.05) is 6.92 Å². The Kier molecular flexibility index (Phi) is 3.86. The third-order valence-corrected chi connectivity index (χ3v) is 3.27. The number of hydrogen-bond acceptors (Lipinski definition) is 4. The molecule has 0 radical (unpaired) electrons. The summed E-state index contributed by atoms with van der Waals surface area (Å²) in [7, 11) is 1.74. The third kappa shape index (κ3) is 2.48. The normalized spacial score (nSPS) is 16.8. The number of ether oxygens (including phenoxy) is 1. The number of anilines is 1. The number of nitrogens with one attached hydrogen (secondary N) is 1. The van der Waals surface area contributed by atoms with E-state index in [0.29, 0.717) is 24.6 Å². The first-order valence-electron chi connectivity index (χ1n) is 6.33. The van der Waals surface area contributed by atoms with Gasteiger partial charge in [-0.15, -0.1) is 0 Å². The molecule has 1 aromatic rings. The Hall–Kier alpha value is -1.56. The zero-order valence-corrected chi connectivity index (χ0v) is 10.9. The summed E-state index contributed by atoms with van der Waals surface area (Å²) in [6.07, 6.45) is 2.43. The number of aromatic nitrogens is 2. The van der Waals surface area contributed by atoms with Crippen LogP contribution in [0.5, 0.6) is 0 Å². The molecule has 1 fully saturated rings. The minimum Gasteiger partial charge on any atom is -0.395 e. The van der Waals surface area contributed by atoms with E-state index >= 15 is 0 Å². The molecule has 1 saturated heterocycles. The number of nitrogen functional groups attached to an aromatic ring is 1. The Bertz CT molecular complexity index is 436. The van der Waals surface area contributed by atoms with Crippen molar-refractivity contribution in [3.05, 3.63) is 11.4 Å². The second kappa shape index (κ2) is 5.39. The van der Waals surface area contributed by atoms with E-state index in [2.05, 4.69) is 10.4 Å². The molecule has 0 saturated carbocycles. The Morgan fingerprint density at radius 2 is 2.22 bits per heavy atom. The molecule has 2 heterocycles. The van der Waals surface area contributed by atoms with Gasteiger partial charge in [-0.3, -0.25) is 9.48 Å². The van der Waals surface area contributed by atoms with Crippen LogP contribution in [0, 0.1) is 0 Å². The second-order valence-corrected chi connectivity index (χ2v) is 4.55. The van der Waals surface area contributed by atoms with Crippen molar-refractivity contribution in [1.29, 1.82) is 0 Å². The van der Waals surface area contributed by atoms with Crippen LogP contribution in [0.3, 0.4) is 0 Å². The molecule has 0 atom stereocenters. The summed E-state index contributed by atoms with van der Waals surface area (Å²) in [6, 6.07) is 0.172. The van der Waals surface area contributed by atoms with Crippen LogP contribution in [0.25, 0.3) is 0 Å². The van der Waals surface area contributed by atoms with E-state index in [9.17, 15) is 4.79 Å². The number of amides is 1. The standard InChI is InChI=1S/C12H20N4O2/c1-3-9-10(13)11(16(2)15-9)12(17)14-8-4-6-18-7-5-8/h8H,3-7,13H2,1-2H3,(H,14,17). The summed E-state index contributed by atoms with van der Waals surface area (Å²) in [6.45, 7) is 3.37. The van der Waals surface area contributed by atoms with Gasteiger partial charge in [0.2, 0.25) is 0 Å². The van der Waals surface area contributed by atoms with Gasteiger partial charge in [-0.25, -0.2) is 0 Å². The minimum absolute atomic E-state index is 0.144. The number of nitrogens with zero attached hydrogens (tertiary/aromatic N) is 2. The van der Waals surface area contributed by atoms with Gasteiger partial charge < -0.3 is 15.8 Å². The van der Waals surface area contributed by atoms with Crippen LogP contribution in [0.2, 0.25) is 0 Å². The molecular formula is C12H20N4O2. The minimum atomic E-state index is -0.144. The predicted molar refractivity (Wildman–Crippen MR) is 68.3 cm³/mol. The van der Waals surface area contributed by atoms with Crippen LogP contribution in [-0.4, -0.2) is 34.9 Å². The fraction of sp³-hybridized carbons (Fsp3) is 0.667. The molecule has 1 aromatic heterocycles. The van der Waals surface area contributed by atoms with Gasteiger partial charge in [0.1, 0.15) is 5.69 Å². The highest BCUT2D eigenvalue weighted by molar-refractivity contribution is 5.98. The third-order valence-electron chi connectivity index (χ3n) is 3.27. The molecule has 1 aliphatic rings. The molecule has 6 nitrogen and oxygen atoms in total. The highest BCUT2D eigenvalue weighted by atomic mass is 16.5. The summed E-state index contributed by atoms with van der Waals surface area (Å²) in [5, 5.41) is 7.24. The maximum atomic E-state index is 12.2. The van der Waals surface area contributed by atoms with E-state index in [-0.39, 0.29) is 11.9 Å². The van der Waals surface area contributed by atoms with E-state index in [1.54, 1.807) is 11.7 Å². The molecule has 18 heavy (non-hydrogen) atoms. The smallest absolute Gasteiger partial charge is 0.271 e. The van der Waals surface area contributed by atoms with Crippen molar-refractivity contribution < 1.29 is 9.53 Å². The van der Waals surface area contributed by atoms with Crippen molar-refractivity contribution >= 4 is 11.6 Å². The lowest BCUT2D eigenvalue weighted by Crippen LogP contribution is -2.39. The van der Waals surface area contributed by atoms with Crippen LogP contribution in [0.1, 0.15) is 35.9 Å². The van der Waals surface area contributed by atoms with Crippen molar-refractivity contribution in [2.24, 2.45) is 7.05 Å². The summed E-state index contributed by atoms with van der Waals surface area (Å²) in [4.78, 5) is 12.2. The van der Waals surface area contributed by atoms with Gasteiger partial charge >= 0.3 is 0 Å².